The van der Waals surface area contributed by atoms with Gasteiger partial charge in [-0.1, -0.05) is 0 Å². The third-order valence-electron chi connectivity index (χ3n) is 2.55. The second-order valence-corrected chi connectivity index (χ2v) is 3.57. The van der Waals surface area contributed by atoms with Crippen molar-refractivity contribution < 1.29 is 23.1 Å². The van der Waals surface area contributed by atoms with Gasteiger partial charge in [-0.25, -0.2) is 13.2 Å². The lowest BCUT2D eigenvalue weighted by molar-refractivity contribution is -0.138. The molecule has 1 aromatic carbocycles. The fraction of sp³-hybridized carbons (Fsp3) is 0.300. The van der Waals surface area contributed by atoms with Crippen LogP contribution in [0, 0.1) is 23.4 Å². The Kier molecular flexibility index (Phi) is 2.17. The van der Waals surface area contributed by atoms with E-state index in [0.717, 1.165) is 6.07 Å². The minimum Gasteiger partial charge on any atom is -0.481 e. The van der Waals surface area contributed by atoms with Crippen molar-refractivity contribution in [1.82, 2.24) is 0 Å². The molecule has 80 valence electrons. The molecule has 2 nitrogen and oxygen atoms in total. The molecule has 1 aliphatic rings. The minimum absolute atomic E-state index is 0.0544. The van der Waals surface area contributed by atoms with Crippen LogP contribution in [0.15, 0.2) is 12.1 Å². The molecule has 0 bridgehead atoms. The topological polar surface area (TPSA) is 37.3 Å². The first-order valence-corrected chi connectivity index (χ1v) is 4.38. The molecular weight excluding hydrogens is 209 g/mol. The van der Waals surface area contributed by atoms with E-state index in [-0.39, 0.29) is 12.0 Å². The van der Waals surface area contributed by atoms with E-state index in [1.807, 2.05) is 0 Å². The summed E-state index contributed by atoms with van der Waals surface area (Å²) in [7, 11) is 0. The Morgan fingerprint density at radius 2 is 1.80 bits per heavy atom. The van der Waals surface area contributed by atoms with Gasteiger partial charge >= 0.3 is 5.97 Å². The molecule has 0 aliphatic heterocycles. The summed E-state index contributed by atoms with van der Waals surface area (Å²) in [6.45, 7) is 0. The lowest BCUT2D eigenvalue weighted by atomic mass is 10.1. The maximum atomic E-state index is 13.2. The van der Waals surface area contributed by atoms with Gasteiger partial charge in [-0.3, -0.25) is 4.79 Å². The monoisotopic (exact) mass is 216 g/mol. The van der Waals surface area contributed by atoms with E-state index in [2.05, 4.69) is 0 Å². The van der Waals surface area contributed by atoms with Gasteiger partial charge < -0.3 is 5.11 Å². The first kappa shape index (κ1) is 10.0. The summed E-state index contributed by atoms with van der Waals surface area (Å²) in [5, 5.41) is 8.61. The maximum absolute atomic E-state index is 13.2. The number of carboxylic acid groups (broad SMARTS) is 1. The zero-order valence-corrected chi connectivity index (χ0v) is 7.51. The molecule has 0 radical (unpaired) electrons. The molecular formula is C10H7F3O2. The van der Waals surface area contributed by atoms with Crippen molar-refractivity contribution in [1.29, 1.82) is 0 Å². The van der Waals surface area contributed by atoms with Gasteiger partial charge in [-0.15, -0.1) is 0 Å². The van der Waals surface area contributed by atoms with E-state index >= 15 is 0 Å². The highest BCUT2D eigenvalue weighted by molar-refractivity contribution is 5.75. The standard InChI is InChI=1S/C10H7F3O2/c11-7-3-9(13)8(12)2-5(7)4-1-6(4)10(14)15/h2-4,6H,1H2,(H,14,15)/t4-,6+/m0/s1. The summed E-state index contributed by atoms with van der Waals surface area (Å²) in [5.41, 5.74) is -0.0544. The molecule has 2 atom stereocenters. The van der Waals surface area contributed by atoms with Crippen LogP contribution in [0.1, 0.15) is 17.9 Å². The van der Waals surface area contributed by atoms with Crippen molar-refractivity contribution in [2.24, 2.45) is 5.92 Å². The molecule has 0 spiro atoms. The molecule has 2 rings (SSSR count). The van der Waals surface area contributed by atoms with Crippen LogP contribution in [0.3, 0.4) is 0 Å². The third kappa shape index (κ3) is 1.69. The molecule has 0 unspecified atom stereocenters. The zero-order chi connectivity index (χ0) is 11.2. The maximum Gasteiger partial charge on any atom is 0.307 e. The Morgan fingerprint density at radius 3 is 2.33 bits per heavy atom. The average Bonchev–Trinajstić information content (AvgIpc) is 2.90. The van der Waals surface area contributed by atoms with Gasteiger partial charge in [-0.05, 0) is 18.1 Å². The van der Waals surface area contributed by atoms with Crippen LogP contribution >= 0.6 is 0 Å². The number of halogens is 3. The smallest absolute Gasteiger partial charge is 0.307 e. The molecule has 1 fully saturated rings. The summed E-state index contributed by atoms with van der Waals surface area (Å²) in [6.07, 6.45) is 0.275. The lowest BCUT2D eigenvalue weighted by Gasteiger charge is -2.02. The Bertz CT molecular complexity index is 431. The van der Waals surface area contributed by atoms with Crippen LogP contribution in [0.25, 0.3) is 0 Å². The molecule has 0 amide bonds. The average molecular weight is 216 g/mol. The van der Waals surface area contributed by atoms with E-state index in [4.69, 9.17) is 5.11 Å². The Labute approximate surface area is 83.3 Å². The number of benzene rings is 1. The second-order valence-electron chi connectivity index (χ2n) is 3.57. The highest BCUT2D eigenvalue weighted by atomic mass is 19.2. The van der Waals surface area contributed by atoms with E-state index in [0.29, 0.717) is 6.07 Å². The molecule has 1 aliphatic carbocycles. The van der Waals surface area contributed by atoms with Gasteiger partial charge in [0.25, 0.3) is 0 Å². The molecule has 0 aromatic heterocycles. The zero-order valence-electron chi connectivity index (χ0n) is 7.51. The predicted molar refractivity (Wildman–Crippen MR) is 44.8 cm³/mol. The number of hydrogen-bond donors (Lipinski definition) is 1. The lowest BCUT2D eigenvalue weighted by Crippen LogP contribution is -2.01. The van der Waals surface area contributed by atoms with E-state index in [1.165, 1.54) is 0 Å². The SMILES string of the molecule is O=C(O)[C@@H]1C[C@H]1c1cc(F)c(F)cc1F. The number of hydrogen-bond acceptors (Lipinski definition) is 1. The summed E-state index contributed by atoms with van der Waals surface area (Å²) >= 11 is 0. The summed E-state index contributed by atoms with van der Waals surface area (Å²) in [5.74, 6) is -5.54. The van der Waals surface area contributed by atoms with Gasteiger partial charge in [0.2, 0.25) is 0 Å². The van der Waals surface area contributed by atoms with Gasteiger partial charge in [0, 0.05) is 12.0 Å². The molecule has 5 heteroatoms. The van der Waals surface area contributed by atoms with Gasteiger partial charge in [0.1, 0.15) is 5.82 Å². The Hall–Kier alpha value is -1.52. The van der Waals surface area contributed by atoms with Crippen LogP contribution in [-0.4, -0.2) is 11.1 Å². The highest BCUT2D eigenvalue weighted by Gasteiger charge is 2.45. The second kappa shape index (κ2) is 3.25. The summed E-state index contributed by atoms with van der Waals surface area (Å²) in [6, 6.07) is 1.18. The van der Waals surface area contributed by atoms with E-state index in [9.17, 15) is 18.0 Å². The van der Waals surface area contributed by atoms with Crippen LogP contribution in [0.5, 0.6) is 0 Å². The number of aliphatic carboxylic acids is 1. The molecule has 1 N–H and O–H groups in total. The van der Waals surface area contributed by atoms with Crippen molar-refractivity contribution >= 4 is 5.97 Å². The highest BCUT2D eigenvalue weighted by Crippen LogP contribution is 2.48. The van der Waals surface area contributed by atoms with Crippen LogP contribution in [0.4, 0.5) is 13.2 Å². The third-order valence-corrected chi connectivity index (χ3v) is 2.55. The molecule has 15 heavy (non-hydrogen) atoms. The van der Waals surface area contributed by atoms with Crippen LogP contribution in [0.2, 0.25) is 0 Å². The summed E-state index contributed by atoms with van der Waals surface area (Å²) in [4.78, 5) is 10.5. The number of carboxylic acids is 1. The Morgan fingerprint density at radius 1 is 1.20 bits per heavy atom. The van der Waals surface area contributed by atoms with Crippen molar-refractivity contribution in [2.45, 2.75) is 12.3 Å². The number of rotatable bonds is 2. The van der Waals surface area contributed by atoms with Crippen molar-refractivity contribution in [3.05, 3.63) is 35.1 Å². The van der Waals surface area contributed by atoms with Crippen molar-refractivity contribution in [2.75, 3.05) is 0 Å². The van der Waals surface area contributed by atoms with E-state index in [1.54, 1.807) is 0 Å². The van der Waals surface area contributed by atoms with Crippen LogP contribution < -0.4 is 0 Å². The fourth-order valence-electron chi connectivity index (χ4n) is 1.63. The fourth-order valence-corrected chi connectivity index (χ4v) is 1.63. The molecule has 0 heterocycles. The minimum atomic E-state index is -1.26. The molecule has 1 saturated carbocycles. The normalized spacial score (nSPS) is 23.9. The van der Waals surface area contributed by atoms with Gasteiger partial charge in [0.15, 0.2) is 11.6 Å². The summed E-state index contributed by atoms with van der Waals surface area (Å²) < 4.78 is 38.5. The van der Waals surface area contributed by atoms with Gasteiger partial charge in [-0.2, -0.15) is 0 Å². The quantitative estimate of drug-likeness (QED) is 0.770. The van der Waals surface area contributed by atoms with Crippen molar-refractivity contribution in [3.8, 4) is 0 Å². The first-order chi connectivity index (χ1) is 7.00. The molecule has 0 saturated heterocycles. The number of carbonyl (C=O) groups is 1. The first-order valence-electron chi connectivity index (χ1n) is 4.38. The molecule has 1 aromatic rings. The van der Waals surface area contributed by atoms with Gasteiger partial charge in [0.05, 0.1) is 5.92 Å². The largest absolute Gasteiger partial charge is 0.481 e. The van der Waals surface area contributed by atoms with Crippen molar-refractivity contribution in [3.63, 3.8) is 0 Å². The Balaban J connectivity index is 2.31. The van der Waals surface area contributed by atoms with E-state index < -0.39 is 35.3 Å². The van der Waals surface area contributed by atoms with Crippen LogP contribution in [-0.2, 0) is 4.79 Å². The predicted octanol–water partition coefficient (Wildman–Crippen LogP) is 2.29.